The van der Waals surface area contributed by atoms with Crippen LogP contribution in [0.4, 0.5) is 0 Å². The number of nitrogens with zero attached hydrogens (tertiary/aromatic N) is 1. The number of aliphatic hydroxyl groups is 1. The lowest BCUT2D eigenvalue weighted by Gasteiger charge is -2.28. The van der Waals surface area contributed by atoms with Gasteiger partial charge in [0.25, 0.3) is 5.91 Å². The molecule has 2 fully saturated rings. The minimum absolute atomic E-state index is 0.0780. The molecule has 2 aliphatic rings. The molecule has 2 unspecified atom stereocenters. The van der Waals surface area contributed by atoms with Crippen LogP contribution < -0.4 is 15.4 Å². The number of aliphatic hydroxyl groups excluding tert-OH is 1. The van der Waals surface area contributed by atoms with Gasteiger partial charge in [-0.3, -0.25) is 9.59 Å². The molecular formula is C29H39N3O4. The van der Waals surface area contributed by atoms with Gasteiger partial charge in [0, 0.05) is 24.7 Å². The third-order valence-corrected chi connectivity index (χ3v) is 7.07. The lowest BCUT2D eigenvalue weighted by atomic mass is 9.92. The second kappa shape index (κ2) is 12.9. The van der Waals surface area contributed by atoms with E-state index in [-0.39, 0.29) is 17.9 Å². The molecule has 2 aromatic rings. The molecule has 1 aromatic heterocycles. The molecule has 2 amide bonds. The summed E-state index contributed by atoms with van der Waals surface area (Å²) in [6.07, 6.45) is 10.1. The number of aromatic nitrogens is 1. The first-order chi connectivity index (χ1) is 17.5. The molecule has 36 heavy (non-hydrogen) atoms. The Bertz CT molecular complexity index is 1020. The Morgan fingerprint density at radius 1 is 1.11 bits per heavy atom. The summed E-state index contributed by atoms with van der Waals surface area (Å²) in [5.41, 5.74) is 3.22. The Balaban J connectivity index is 1.45. The zero-order chi connectivity index (χ0) is 25.3. The lowest BCUT2D eigenvalue weighted by molar-refractivity contribution is -0.121. The minimum atomic E-state index is -0.502. The fourth-order valence-corrected chi connectivity index (χ4v) is 4.51. The highest BCUT2D eigenvalue weighted by Gasteiger charge is 2.26. The van der Waals surface area contributed by atoms with E-state index in [1.807, 2.05) is 30.3 Å². The quantitative estimate of drug-likeness (QED) is 0.380. The highest BCUT2D eigenvalue weighted by atomic mass is 16.5. The molecule has 7 heteroatoms. The second-order valence-corrected chi connectivity index (χ2v) is 10.2. The van der Waals surface area contributed by atoms with Gasteiger partial charge in [-0.2, -0.15) is 0 Å². The number of pyridine rings is 1. The first kappa shape index (κ1) is 26.1. The first-order valence-corrected chi connectivity index (χ1v) is 13.5. The topological polar surface area (TPSA) is 101 Å². The van der Waals surface area contributed by atoms with E-state index in [4.69, 9.17) is 4.74 Å². The van der Waals surface area contributed by atoms with Crippen LogP contribution in [0.15, 0.2) is 36.5 Å². The average Bonchev–Trinajstić information content (AvgIpc) is 3.73. The third kappa shape index (κ3) is 7.53. The smallest absolute Gasteiger partial charge is 0.253 e. The van der Waals surface area contributed by atoms with E-state index in [0.717, 1.165) is 61.8 Å². The number of hydrogen-bond acceptors (Lipinski definition) is 5. The Kier molecular flexibility index (Phi) is 9.34. The molecule has 3 N–H and O–H groups in total. The fraction of sp³-hybridized carbons (Fsp3) is 0.552. The summed E-state index contributed by atoms with van der Waals surface area (Å²) in [5.74, 6) is 0.962. The van der Waals surface area contributed by atoms with Crippen molar-refractivity contribution in [3.8, 4) is 17.0 Å². The summed E-state index contributed by atoms with van der Waals surface area (Å²) in [4.78, 5) is 29.5. The normalized spacial score (nSPS) is 19.5. The highest BCUT2D eigenvalue weighted by Crippen LogP contribution is 2.33. The van der Waals surface area contributed by atoms with E-state index < -0.39 is 6.10 Å². The largest absolute Gasteiger partial charge is 0.477 e. The summed E-state index contributed by atoms with van der Waals surface area (Å²) in [6.45, 7) is 3.47. The van der Waals surface area contributed by atoms with Crippen LogP contribution in [0.1, 0.15) is 80.6 Å². The SMILES string of the molecule is CCCCNC(=O)CCc1ccc(-c2cc(C(=O)NC3CCCCC3O)cnc2OCC2CC2)cc1. The number of nitrogens with one attached hydrogen (secondary N) is 2. The number of ether oxygens (including phenoxy) is 1. The Hall–Kier alpha value is -2.93. The van der Waals surface area contributed by atoms with Gasteiger partial charge in [0.2, 0.25) is 11.8 Å². The predicted octanol–water partition coefficient (Wildman–Crippen LogP) is 4.42. The van der Waals surface area contributed by atoms with Crippen LogP contribution in [0, 0.1) is 5.92 Å². The molecule has 4 rings (SSSR count). The van der Waals surface area contributed by atoms with Crippen molar-refractivity contribution in [2.75, 3.05) is 13.2 Å². The maximum atomic E-state index is 13.0. The van der Waals surface area contributed by atoms with E-state index in [0.29, 0.717) is 36.8 Å². The van der Waals surface area contributed by atoms with Gasteiger partial charge >= 0.3 is 0 Å². The van der Waals surface area contributed by atoms with E-state index >= 15 is 0 Å². The summed E-state index contributed by atoms with van der Waals surface area (Å²) >= 11 is 0. The first-order valence-electron chi connectivity index (χ1n) is 13.5. The molecule has 1 aromatic carbocycles. The van der Waals surface area contributed by atoms with E-state index in [2.05, 4.69) is 22.5 Å². The number of carbonyl (C=O) groups excluding carboxylic acids is 2. The summed E-state index contributed by atoms with van der Waals surface area (Å²) < 4.78 is 6.04. The number of benzene rings is 1. The van der Waals surface area contributed by atoms with Crippen molar-refractivity contribution in [1.82, 2.24) is 15.6 Å². The Morgan fingerprint density at radius 3 is 2.61 bits per heavy atom. The minimum Gasteiger partial charge on any atom is -0.477 e. The van der Waals surface area contributed by atoms with Crippen LogP contribution in [-0.4, -0.2) is 47.2 Å². The van der Waals surface area contributed by atoms with Crippen molar-refractivity contribution >= 4 is 11.8 Å². The van der Waals surface area contributed by atoms with Crippen LogP contribution in [-0.2, 0) is 11.2 Å². The second-order valence-electron chi connectivity index (χ2n) is 10.2. The zero-order valence-electron chi connectivity index (χ0n) is 21.3. The standard InChI is InChI=1S/C29H39N3O4/c1-2-3-16-30-27(34)15-12-20-10-13-22(14-11-20)24-17-23(18-31-29(24)36-19-21-8-9-21)28(35)32-25-6-4-5-7-26(25)33/h10-11,13-14,17-18,21,25-26,33H,2-9,12,15-16,19H2,1H3,(H,30,34)(H,32,35). The van der Waals surface area contributed by atoms with Gasteiger partial charge in [-0.25, -0.2) is 4.98 Å². The van der Waals surface area contributed by atoms with E-state index in [1.165, 1.54) is 12.8 Å². The van der Waals surface area contributed by atoms with Gasteiger partial charge in [0.05, 0.1) is 24.3 Å². The molecule has 2 saturated carbocycles. The molecule has 0 aliphatic heterocycles. The highest BCUT2D eigenvalue weighted by molar-refractivity contribution is 5.95. The van der Waals surface area contributed by atoms with Crippen LogP contribution in [0.2, 0.25) is 0 Å². The van der Waals surface area contributed by atoms with Gasteiger partial charge in [0.1, 0.15) is 0 Å². The van der Waals surface area contributed by atoms with Crippen molar-refractivity contribution < 1.29 is 19.4 Å². The molecule has 194 valence electrons. The van der Waals surface area contributed by atoms with Crippen molar-refractivity contribution in [3.05, 3.63) is 47.7 Å². The van der Waals surface area contributed by atoms with Gasteiger partial charge in [0.15, 0.2) is 0 Å². The number of amides is 2. The molecule has 2 atom stereocenters. The predicted molar refractivity (Wildman–Crippen MR) is 140 cm³/mol. The fourth-order valence-electron chi connectivity index (χ4n) is 4.51. The van der Waals surface area contributed by atoms with Gasteiger partial charge in [-0.05, 0) is 61.6 Å². The lowest BCUT2D eigenvalue weighted by Crippen LogP contribution is -2.45. The Labute approximate surface area is 214 Å². The molecule has 0 spiro atoms. The Morgan fingerprint density at radius 2 is 1.89 bits per heavy atom. The number of hydrogen-bond donors (Lipinski definition) is 3. The molecular weight excluding hydrogens is 454 g/mol. The maximum Gasteiger partial charge on any atom is 0.253 e. The van der Waals surface area contributed by atoms with Crippen molar-refractivity contribution in [2.45, 2.75) is 83.3 Å². The molecule has 1 heterocycles. The average molecular weight is 494 g/mol. The van der Waals surface area contributed by atoms with E-state index in [9.17, 15) is 14.7 Å². The van der Waals surface area contributed by atoms with E-state index in [1.54, 1.807) is 6.20 Å². The third-order valence-electron chi connectivity index (χ3n) is 7.07. The number of carbonyl (C=O) groups is 2. The maximum absolute atomic E-state index is 13.0. The number of unbranched alkanes of at least 4 members (excludes halogenated alkanes) is 1. The molecule has 0 radical (unpaired) electrons. The molecule has 7 nitrogen and oxygen atoms in total. The zero-order valence-corrected chi connectivity index (χ0v) is 21.3. The van der Waals surface area contributed by atoms with Crippen LogP contribution in [0.5, 0.6) is 5.88 Å². The summed E-state index contributed by atoms with van der Waals surface area (Å²) in [6, 6.07) is 9.64. The molecule has 0 saturated heterocycles. The number of rotatable bonds is 12. The van der Waals surface area contributed by atoms with Crippen LogP contribution in [0.3, 0.4) is 0 Å². The molecule has 2 aliphatic carbocycles. The van der Waals surface area contributed by atoms with Crippen molar-refractivity contribution in [2.24, 2.45) is 5.92 Å². The van der Waals surface area contributed by atoms with Gasteiger partial charge < -0.3 is 20.5 Å². The van der Waals surface area contributed by atoms with Crippen molar-refractivity contribution in [3.63, 3.8) is 0 Å². The summed E-state index contributed by atoms with van der Waals surface area (Å²) in [5, 5.41) is 16.2. The van der Waals surface area contributed by atoms with Crippen molar-refractivity contribution in [1.29, 1.82) is 0 Å². The van der Waals surface area contributed by atoms with Gasteiger partial charge in [-0.1, -0.05) is 50.5 Å². The molecule has 0 bridgehead atoms. The monoisotopic (exact) mass is 493 g/mol. The van der Waals surface area contributed by atoms with Crippen LogP contribution in [0.25, 0.3) is 11.1 Å². The van der Waals surface area contributed by atoms with Gasteiger partial charge in [-0.15, -0.1) is 0 Å². The summed E-state index contributed by atoms with van der Waals surface area (Å²) in [7, 11) is 0. The van der Waals surface area contributed by atoms with Crippen LogP contribution >= 0.6 is 0 Å². The number of aryl methyl sites for hydroxylation is 1.